The molecule has 0 aromatic carbocycles. The summed E-state index contributed by atoms with van der Waals surface area (Å²) in [5.41, 5.74) is 3.83. The first-order valence-corrected chi connectivity index (χ1v) is 1.90. The van der Waals surface area contributed by atoms with Crippen LogP contribution in [0.3, 0.4) is 0 Å². The summed E-state index contributed by atoms with van der Waals surface area (Å²) < 4.78 is 23.6. The van der Waals surface area contributed by atoms with Crippen molar-refractivity contribution >= 4 is 5.97 Å². The molecule has 0 fully saturated rings. The van der Waals surface area contributed by atoms with E-state index in [2.05, 4.69) is 5.10 Å². The quantitative estimate of drug-likeness (QED) is 0.446. The maximum Gasteiger partial charge on any atom is 0.237 e. The van der Waals surface area contributed by atoms with E-state index in [-0.39, 0.29) is 0 Å². The number of hydrazine groups is 1. The Kier molecular flexibility index (Phi) is 1.11. The van der Waals surface area contributed by atoms with E-state index >= 15 is 0 Å². The molecule has 2 N–H and O–H groups in total. The SMILES string of the molecule is FC1=CC(F)=NNN1. The highest BCUT2D eigenvalue weighted by atomic mass is 19.1. The van der Waals surface area contributed by atoms with Crippen LogP contribution < -0.4 is 11.0 Å². The van der Waals surface area contributed by atoms with Crippen LogP contribution in [-0.4, -0.2) is 5.97 Å². The largest absolute Gasteiger partial charge is 0.260 e. The molecule has 0 aliphatic carbocycles. The maximum atomic E-state index is 11.8. The van der Waals surface area contributed by atoms with Crippen LogP contribution in [0.4, 0.5) is 8.78 Å². The lowest BCUT2D eigenvalue weighted by Crippen LogP contribution is -2.28. The first-order valence-electron chi connectivity index (χ1n) is 1.90. The lowest BCUT2D eigenvalue weighted by molar-refractivity contribution is 0.471. The lowest BCUT2D eigenvalue weighted by atomic mass is 10.6. The summed E-state index contributed by atoms with van der Waals surface area (Å²) in [6.45, 7) is 0. The van der Waals surface area contributed by atoms with E-state index in [9.17, 15) is 8.78 Å². The van der Waals surface area contributed by atoms with Crippen molar-refractivity contribution in [2.75, 3.05) is 0 Å². The predicted octanol–water partition coefficient (Wildman–Crippen LogP) is 0.188. The van der Waals surface area contributed by atoms with Crippen molar-refractivity contribution in [1.29, 1.82) is 0 Å². The number of halogens is 2. The van der Waals surface area contributed by atoms with Gasteiger partial charge in [0, 0.05) is 6.08 Å². The molecule has 0 aromatic heterocycles. The molecule has 44 valence electrons. The number of nitrogens with one attached hydrogen (secondary N) is 2. The third kappa shape index (κ3) is 0.927. The Balaban J connectivity index is 2.69. The van der Waals surface area contributed by atoms with Gasteiger partial charge in [-0.3, -0.25) is 5.43 Å². The second-order valence-corrected chi connectivity index (χ2v) is 1.16. The standard InChI is InChI=1S/C3H3F2N3/c4-2-1-3(5)7-8-6-2/h1,6,8H. The zero-order valence-corrected chi connectivity index (χ0v) is 3.78. The third-order valence-electron chi connectivity index (χ3n) is 0.584. The summed E-state index contributed by atoms with van der Waals surface area (Å²) in [5.74, 6) is -1.65. The van der Waals surface area contributed by atoms with E-state index in [0.29, 0.717) is 6.08 Å². The van der Waals surface area contributed by atoms with Gasteiger partial charge in [-0.25, -0.2) is 5.53 Å². The van der Waals surface area contributed by atoms with Crippen LogP contribution in [0, 0.1) is 0 Å². The molecule has 1 heterocycles. The average Bonchev–Trinajstić information content (AvgIpc) is 1.64. The van der Waals surface area contributed by atoms with Crippen LogP contribution in [0.25, 0.3) is 0 Å². The minimum atomic E-state index is -0.874. The van der Waals surface area contributed by atoms with E-state index in [4.69, 9.17) is 0 Å². The normalized spacial score (nSPS) is 17.8. The van der Waals surface area contributed by atoms with Crippen molar-refractivity contribution in [2.24, 2.45) is 5.10 Å². The Bertz CT molecular complexity index is 151. The van der Waals surface area contributed by atoms with Crippen molar-refractivity contribution in [2.45, 2.75) is 0 Å². The highest BCUT2D eigenvalue weighted by molar-refractivity contribution is 5.87. The fraction of sp³-hybridized carbons (Fsp3) is 0. The first-order chi connectivity index (χ1) is 3.79. The molecular weight excluding hydrogens is 116 g/mol. The highest BCUT2D eigenvalue weighted by Gasteiger charge is 2.00. The number of hydrazone groups is 1. The van der Waals surface area contributed by atoms with Gasteiger partial charge in [-0.15, -0.1) is 5.10 Å². The molecule has 0 bridgehead atoms. The predicted molar refractivity (Wildman–Crippen MR) is 24.0 cm³/mol. The summed E-state index contributed by atoms with van der Waals surface area (Å²) >= 11 is 0. The Hall–Kier alpha value is -1.13. The molecule has 0 amide bonds. The zero-order valence-electron chi connectivity index (χ0n) is 3.78. The van der Waals surface area contributed by atoms with Crippen LogP contribution in [0.2, 0.25) is 0 Å². The minimum absolute atomic E-state index is 0.635. The number of allylic oxidation sites excluding steroid dienone is 1. The number of hydrogen-bond donors (Lipinski definition) is 2. The van der Waals surface area contributed by atoms with Gasteiger partial charge in [0.15, 0.2) is 0 Å². The second-order valence-electron chi connectivity index (χ2n) is 1.16. The molecule has 0 saturated heterocycles. The highest BCUT2D eigenvalue weighted by Crippen LogP contribution is 1.94. The van der Waals surface area contributed by atoms with Crippen molar-refractivity contribution in [3.8, 4) is 0 Å². The van der Waals surface area contributed by atoms with Crippen LogP contribution >= 0.6 is 0 Å². The topological polar surface area (TPSA) is 36.4 Å². The minimum Gasteiger partial charge on any atom is -0.260 e. The van der Waals surface area contributed by atoms with Crippen LogP contribution in [0.15, 0.2) is 17.1 Å². The molecule has 1 rings (SSSR count). The van der Waals surface area contributed by atoms with E-state index in [0.717, 1.165) is 0 Å². The molecule has 0 unspecified atom stereocenters. The molecular formula is C3H3F2N3. The molecule has 0 spiro atoms. The van der Waals surface area contributed by atoms with Crippen molar-refractivity contribution in [3.63, 3.8) is 0 Å². The van der Waals surface area contributed by atoms with Crippen LogP contribution in [-0.2, 0) is 0 Å². The molecule has 3 nitrogen and oxygen atoms in total. The van der Waals surface area contributed by atoms with Gasteiger partial charge < -0.3 is 0 Å². The molecule has 0 saturated carbocycles. The second kappa shape index (κ2) is 1.77. The summed E-state index contributed by atoms with van der Waals surface area (Å²) in [6.07, 6.45) is 0.635. The third-order valence-corrected chi connectivity index (χ3v) is 0.584. The van der Waals surface area contributed by atoms with E-state index in [1.54, 1.807) is 0 Å². The fourth-order valence-electron chi connectivity index (χ4n) is 0.308. The Morgan fingerprint density at radius 3 is 2.62 bits per heavy atom. The van der Waals surface area contributed by atoms with Gasteiger partial charge in [-0.05, 0) is 0 Å². The van der Waals surface area contributed by atoms with Crippen LogP contribution in [0.1, 0.15) is 0 Å². The van der Waals surface area contributed by atoms with Gasteiger partial charge in [0.25, 0.3) is 0 Å². The van der Waals surface area contributed by atoms with Crippen molar-refractivity contribution in [1.82, 2.24) is 11.0 Å². The maximum absolute atomic E-state index is 11.8. The average molecular weight is 119 g/mol. The Labute approximate surface area is 44.0 Å². The Morgan fingerprint density at radius 2 is 2.25 bits per heavy atom. The number of rotatable bonds is 0. The first kappa shape index (κ1) is 5.02. The molecule has 5 heteroatoms. The van der Waals surface area contributed by atoms with Crippen LogP contribution in [0.5, 0.6) is 0 Å². The molecule has 8 heavy (non-hydrogen) atoms. The lowest BCUT2D eigenvalue weighted by Gasteiger charge is -2.04. The summed E-state index contributed by atoms with van der Waals surface area (Å²) in [5, 5.41) is 2.95. The van der Waals surface area contributed by atoms with E-state index in [1.807, 2.05) is 11.0 Å². The molecule has 0 aromatic rings. The van der Waals surface area contributed by atoms with E-state index < -0.39 is 11.9 Å². The smallest absolute Gasteiger partial charge is 0.237 e. The summed E-state index contributed by atoms with van der Waals surface area (Å²) in [7, 11) is 0. The van der Waals surface area contributed by atoms with Crippen molar-refractivity contribution < 1.29 is 8.78 Å². The number of hydrogen-bond acceptors (Lipinski definition) is 3. The molecule has 0 atom stereocenters. The summed E-state index contributed by atoms with van der Waals surface area (Å²) in [4.78, 5) is 0. The van der Waals surface area contributed by atoms with E-state index in [1.165, 1.54) is 0 Å². The van der Waals surface area contributed by atoms with Gasteiger partial charge in [0.2, 0.25) is 11.9 Å². The fourth-order valence-corrected chi connectivity index (χ4v) is 0.308. The zero-order chi connectivity index (χ0) is 5.98. The molecule has 1 aliphatic rings. The van der Waals surface area contributed by atoms with Crippen molar-refractivity contribution in [3.05, 3.63) is 12.0 Å². The monoisotopic (exact) mass is 119 g/mol. The van der Waals surface area contributed by atoms with Gasteiger partial charge in [-0.2, -0.15) is 8.78 Å². The molecule has 1 aliphatic heterocycles. The summed E-state index contributed by atoms with van der Waals surface area (Å²) in [6, 6.07) is 0. The van der Waals surface area contributed by atoms with Gasteiger partial charge in [-0.1, -0.05) is 0 Å². The number of nitrogens with zero attached hydrogens (tertiary/aromatic N) is 1. The van der Waals surface area contributed by atoms with Gasteiger partial charge in [0.05, 0.1) is 0 Å². The van der Waals surface area contributed by atoms with Gasteiger partial charge >= 0.3 is 0 Å². The Morgan fingerprint density at radius 1 is 1.50 bits per heavy atom. The molecule has 0 radical (unpaired) electrons. The van der Waals surface area contributed by atoms with Gasteiger partial charge in [0.1, 0.15) is 0 Å².